The molecule has 0 spiro atoms. The summed E-state index contributed by atoms with van der Waals surface area (Å²) in [6.45, 7) is 4.26. The number of anilines is 3. The van der Waals surface area contributed by atoms with E-state index in [1.165, 1.54) is 5.56 Å². The van der Waals surface area contributed by atoms with Crippen LogP contribution in [0.2, 0.25) is 0 Å². The van der Waals surface area contributed by atoms with Gasteiger partial charge in [0.2, 0.25) is 0 Å². The van der Waals surface area contributed by atoms with Gasteiger partial charge in [0.15, 0.2) is 5.82 Å². The fourth-order valence-corrected chi connectivity index (χ4v) is 3.06. The highest BCUT2D eigenvalue weighted by atomic mass is 16.2. The zero-order chi connectivity index (χ0) is 17.6. The first-order valence-corrected chi connectivity index (χ1v) is 8.20. The molecule has 0 bridgehead atoms. The number of Topliss-reactive ketones (excluding diaryl/α,β-unsaturated/α-hetero) is 1. The van der Waals surface area contributed by atoms with Crippen molar-refractivity contribution in [2.45, 2.75) is 19.8 Å². The topological polar surface area (TPSA) is 71.1 Å². The third kappa shape index (κ3) is 2.54. The number of pyridine rings is 1. The standard InChI is InChI=1S/C20H17N3O2/c1-11(2)12-6-5-7-13(10-12)21-19-17-16(18(24)20(25)23-17)14-8-3-4-9-15(14)22-19/h3-11H,1-2H3,(H,21,22)(H,23,24,25). The molecule has 1 amide bonds. The zero-order valence-corrected chi connectivity index (χ0v) is 14.0. The third-order valence-electron chi connectivity index (χ3n) is 4.38. The predicted molar refractivity (Wildman–Crippen MR) is 98.5 cm³/mol. The monoisotopic (exact) mass is 331 g/mol. The van der Waals surface area contributed by atoms with Crippen molar-refractivity contribution < 1.29 is 9.59 Å². The molecular weight excluding hydrogens is 314 g/mol. The lowest BCUT2D eigenvalue weighted by atomic mass is 10.0. The van der Waals surface area contributed by atoms with Crippen molar-refractivity contribution >= 4 is 39.8 Å². The number of hydrogen-bond donors (Lipinski definition) is 2. The molecule has 1 aliphatic heterocycles. The number of nitrogens with zero attached hydrogens (tertiary/aromatic N) is 1. The molecule has 2 N–H and O–H groups in total. The van der Waals surface area contributed by atoms with Crippen molar-refractivity contribution in [2.75, 3.05) is 10.6 Å². The largest absolute Gasteiger partial charge is 0.338 e. The van der Waals surface area contributed by atoms with Crippen molar-refractivity contribution in [1.82, 2.24) is 4.98 Å². The van der Waals surface area contributed by atoms with Crippen LogP contribution in [0.4, 0.5) is 17.2 Å². The van der Waals surface area contributed by atoms with Gasteiger partial charge in [0.25, 0.3) is 11.7 Å². The molecule has 1 aromatic heterocycles. The lowest BCUT2D eigenvalue weighted by Crippen LogP contribution is -2.12. The van der Waals surface area contributed by atoms with Crippen LogP contribution in [0, 0.1) is 0 Å². The number of carbonyl (C=O) groups is 2. The maximum absolute atomic E-state index is 12.3. The Kier molecular flexibility index (Phi) is 3.50. The molecule has 1 aliphatic rings. The molecule has 25 heavy (non-hydrogen) atoms. The molecule has 0 unspecified atom stereocenters. The van der Waals surface area contributed by atoms with E-state index in [9.17, 15) is 9.59 Å². The van der Waals surface area contributed by atoms with Gasteiger partial charge >= 0.3 is 0 Å². The lowest BCUT2D eigenvalue weighted by Gasteiger charge is -2.13. The summed E-state index contributed by atoms with van der Waals surface area (Å²) >= 11 is 0. The van der Waals surface area contributed by atoms with Gasteiger partial charge in [-0.3, -0.25) is 9.59 Å². The number of rotatable bonds is 3. The molecule has 2 heterocycles. The number of fused-ring (bicyclic) bond motifs is 3. The Bertz CT molecular complexity index is 1020. The molecule has 124 valence electrons. The van der Waals surface area contributed by atoms with Crippen molar-refractivity contribution in [3.05, 3.63) is 59.7 Å². The van der Waals surface area contributed by atoms with E-state index in [0.29, 0.717) is 33.9 Å². The van der Waals surface area contributed by atoms with Gasteiger partial charge in [-0.1, -0.05) is 44.2 Å². The summed E-state index contributed by atoms with van der Waals surface area (Å²) in [7, 11) is 0. The molecule has 0 saturated carbocycles. The zero-order valence-electron chi connectivity index (χ0n) is 14.0. The summed E-state index contributed by atoms with van der Waals surface area (Å²) in [6.07, 6.45) is 0. The lowest BCUT2D eigenvalue weighted by molar-refractivity contribution is -0.112. The van der Waals surface area contributed by atoms with Gasteiger partial charge in [0.1, 0.15) is 0 Å². The summed E-state index contributed by atoms with van der Waals surface area (Å²) in [5, 5.41) is 6.59. The van der Waals surface area contributed by atoms with E-state index in [0.717, 1.165) is 5.69 Å². The van der Waals surface area contributed by atoms with Crippen LogP contribution in [0.15, 0.2) is 48.5 Å². The molecule has 0 saturated heterocycles. The van der Waals surface area contributed by atoms with E-state index in [-0.39, 0.29) is 0 Å². The molecule has 5 heteroatoms. The number of nitrogens with one attached hydrogen (secondary N) is 2. The maximum atomic E-state index is 12.3. The van der Waals surface area contributed by atoms with Crippen LogP contribution in [0.25, 0.3) is 10.9 Å². The average molecular weight is 331 g/mol. The van der Waals surface area contributed by atoms with E-state index in [4.69, 9.17) is 0 Å². The number of para-hydroxylation sites is 1. The highest BCUT2D eigenvalue weighted by molar-refractivity contribution is 6.54. The van der Waals surface area contributed by atoms with Crippen LogP contribution in [-0.2, 0) is 4.79 Å². The van der Waals surface area contributed by atoms with Crippen LogP contribution < -0.4 is 10.6 Å². The van der Waals surface area contributed by atoms with E-state index >= 15 is 0 Å². The number of amides is 1. The van der Waals surface area contributed by atoms with Crippen LogP contribution in [0.5, 0.6) is 0 Å². The summed E-state index contributed by atoms with van der Waals surface area (Å²) in [6, 6.07) is 15.4. The smallest absolute Gasteiger partial charge is 0.296 e. The second-order valence-corrected chi connectivity index (χ2v) is 6.42. The Balaban J connectivity index is 1.86. The van der Waals surface area contributed by atoms with E-state index in [1.54, 1.807) is 0 Å². The molecule has 0 radical (unpaired) electrons. The van der Waals surface area contributed by atoms with E-state index < -0.39 is 11.7 Å². The summed E-state index contributed by atoms with van der Waals surface area (Å²) in [4.78, 5) is 28.8. The van der Waals surface area contributed by atoms with E-state index in [1.807, 2.05) is 42.5 Å². The first-order chi connectivity index (χ1) is 12.0. The Morgan fingerprint density at radius 1 is 1.04 bits per heavy atom. The highest BCUT2D eigenvalue weighted by Gasteiger charge is 2.33. The van der Waals surface area contributed by atoms with Crippen molar-refractivity contribution in [1.29, 1.82) is 0 Å². The Morgan fingerprint density at radius 2 is 1.84 bits per heavy atom. The molecule has 0 aliphatic carbocycles. The van der Waals surface area contributed by atoms with Crippen LogP contribution in [0.3, 0.4) is 0 Å². The minimum atomic E-state index is -0.618. The highest BCUT2D eigenvalue weighted by Crippen LogP contribution is 2.37. The number of carbonyl (C=O) groups excluding carboxylic acids is 2. The average Bonchev–Trinajstić information content (AvgIpc) is 2.91. The molecule has 4 rings (SSSR count). The fourth-order valence-electron chi connectivity index (χ4n) is 3.06. The van der Waals surface area contributed by atoms with Gasteiger partial charge in [-0.2, -0.15) is 0 Å². The minimum absolute atomic E-state index is 0.387. The number of aromatic nitrogens is 1. The summed E-state index contributed by atoms with van der Waals surface area (Å²) in [5.41, 5.74) is 3.57. The third-order valence-corrected chi connectivity index (χ3v) is 4.38. The van der Waals surface area contributed by atoms with Crippen LogP contribution >= 0.6 is 0 Å². The second kappa shape index (κ2) is 5.70. The van der Waals surface area contributed by atoms with Gasteiger partial charge < -0.3 is 10.6 Å². The van der Waals surface area contributed by atoms with Crippen molar-refractivity contribution in [3.63, 3.8) is 0 Å². The van der Waals surface area contributed by atoms with E-state index in [2.05, 4.69) is 35.5 Å². The fraction of sp³-hybridized carbons (Fsp3) is 0.150. The molecule has 0 atom stereocenters. The van der Waals surface area contributed by atoms with Crippen molar-refractivity contribution in [3.8, 4) is 0 Å². The quantitative estimate of drug-likeness (QED) is 0.704. The Morgan fingerprint density at radius 3 is 2.64 bits per heavy atom. The van der Waals surface area contributed by atoms with Gasteiger partial charge in [-0.15, -0.1) is 0 Å². The van der Waals surface area contributed by atoms with Gasteiger partial charge in [-0.25, -0.2) is 4.98 Å². The normalized spacial score (nSPS) is 13.2. The van der Waals surface area contributed by atoms with Gasteiger partial charge in [0.05, 0.1) is 16.8 Å². The first-order valence-electron chi connectivity index (χ1n) is 8.20. The van der Waals surface area contributed by atoms with Crippen molar-refractivity contribution in [2.24, 2.45) is 0 Å². The minimum Gasteiger partial charge on any atom is -0.338 e. The molecule has 5 nitrogen and oxygen atoms in total. The molecule has 2 aromatic carbocycles. The predicted octanol–water partition coefficient (Wildman–Crippen LogP) is 4.24. The maximum Gasteiger partial charge on any atom is 0.296 e. The summed E-state index contributed by atoms with van der Waals surface area (Å²) < 4.78 is 0. The Labute approximate surface area is 145 Å². The second-order valence-electron chi connectivity index (χ2n) is 6.42. The first kappa shape index (κ1) is 15.3. The SMILES string of the molecule is CC(C)c1cccc(Nc2nc3ccccc3c3c2NC(=O)C3=O)c1. The molecular formula is C20H17N3O2. The van der Waals surface area contributed by atoms with Gasteiger partial charge in [0, 0.05) is 11.1 Å². The number of ketones is 1. The van der Waals surface area contributed by atoms with Crippen LogP contribution in [-0.4, -0.2) is 16.7 Å². The number of hydrogen-bond acceptors (Lipinski definition) is 4. The molecule has 0 fully saturated rings. The summed E-state index contributed by atoms with van der Waals surface area (Å²) in [5.74, 6) is -0.258. The molecule has 3 aromatic rings. The van der Waals surface area contributed by atoms with Crippen LogP contribution in [0.1, 0.15) is 35.7 Å². The van der Waals surface area contributed by atoms with Gasteiger partial charge in [-0.05, 0) is 29.7 Å². The number of benzene rings is 2. The Hall–Kier alpha value is -3.21.